The van der Waals surface area contributed by atoms with Gasteiger partial charge in [-0.1, -0.05) is 6.42 Å². The molecule has 0 radical (unpaired) electrons. The van der Waals surface area contributed by atoms with Crippen molar-refractivity contribution >= 4 is 21.6 Å². The van der Waals surface area contributed by atoms with Crippen molar-refractivity contribution in [2.24, 2.45) is 17.8 Å². The summed E-state index contributed by atoms with van der Waals surface area (Å²) in [5, 5.41) is 6.53. The highest BCUT2D eigenvalue weighted by Crippen LogP contribution is 2.55. The van der Waals surface area contributed by atoms with Gasteiger partial charge < -0.3 is 10.6 Å². The number of piperidine rings is 1. The molecule has 1 aromatic rings. The van der Waals surface area contributed by atoms with Crippen LogP contribution in [0, 0.1) is 17.8 Å². The van der Waals surface area contributed by atoms with Gasteiger partial charge in [-0.3, -0.25) is 4.79 Å². The van der Waals surface area contributed by atoms with Crippen molar-refractivity contribution in [2.45, 2.75) is 68.2 Å². The SMILES string of the molecule is O=C(CNC12CC3CC(CC(C3)C1)C2)Nc1ccc(S(=O)(=O)N2CCCCC2)cc1. The molecule has 30 heavy (non-hydrogen) atoms. The molecule has 4 saturated carbocycles. The lowest BCUT2D eigenvalue weighted by Crippen LogP contribution is -2.59. The molecule has 4 aliphatic carbocycles. The van der Waals surface area contributed by atoms with Crippen molar-refractivity contribution in [1.82, 2.24) is 9.62 Å². The van der Waals surface area contributed by atoms with Crippen LogP contribution in [0.1, 0.15) is 57.8 Å². The molecule has 6 rings (SSSR count). The zero-order valence-corrected chi connectivity index (χ0v) is 18.4. The molecule has 0 unspecified atom stereocenters. The normalized spacial score (nSPS) is 33.5. The van der Waals surface area contributed by atoms with Crippen LogP contribution in [0.15, 0.2) is 29.2 Å². The number of benzene rings is 1. The summed E-state index contributed by atoms with van der Waals surface area (Å²) in [4.78, 5) is 12.8. The number of nitrogens with zero attached hydrogens (tertiary/aromatic N) is 1. The summed E-state index contributed by atoms with van der Waals surface area (Å²) in [5.41, 5.74) is 0.809. The van der Waals surface area contributed by atoms with Gasteiger partial charge in [0.1, 0.15) is 0 Å². The lowest BCUT2D eigenvalue weighted by Gasteiger charge is -2.57. The van der Waals surface area contributed by atoms with E-state index in [1.807, 2.05) is 0 Å². The monoisotopic (exact) mass is 431 g/mol. The first-order chi connectivity index (χ1) is 14.4. The summed E-state index contributed by atoms with van der Waals surface area (Å²) >= 11 is 0. The van der Waals surface area contributed by atoms with E-state index >= 15 is 0 Å². The van der Waals surface area contributed by atoms with Crippen molar-refractivity contribution in [3.63, 3.8) is 0 Å². The molecule has 1 aliphatic heterocycles. The summed E-state index contributed by atoms with van der Waals surface area (Å²) in [6.45, 7) is 1.51. The number of sulfonamides is 1. The van der Waals surface area contributed by atoms with E-state index in [0.717, 1.165) is 37.0 Å². The van der Waals surface area contributed by atoms with Crippen molar-refractivity contribution in [3.05, 3.63) is 24.3 Å². The van der Waals surface area contributed by atoms with Crippen molar-refractivity contribution in [2.75, 3.05) is 25.0 Å². The van der Waals surface area contributed by atoms with Crippen LogP contribution >= 0.6 is 0 Å². The Kier molecular flexibility index (Phi) is 5.40. The van der Waals surface area contributed by atoms with E-state index in [0.29, 0.717) is 30.2 Å². The highest BCUT2D eigenvalue weighted by molar-refractivity contribution is 7.89. The number of amides is 1. The smallest absolute Gasteiger partial charge is 0.243 e. The summed E-state index contributed by atoms with van der Waals surface area (Å²) in [6.07, 6.45) is 10.8. The molecule has 6 nitrogen and oxygen atoms in total. The summed E-state index contributed by atoms with van der Waals surface area (Å²) in [6, 6.07) is 6.59. The van der Waals surface area contributed by atoms with Gasteiger partial charge in [-0.25, -0.2) is 8.42 Å². The maximum absolute atomic E-state index is 12.8. The fourth-order valence-electron chi connectivity index (χ4n) is 6.76. The maximum atomic E-state index is 12.8. The van der Waals surface area contributed by atoms with Gasteiger partial charge in [0.15, 0.2) is 0 Å². The van der Waals surface area contributed by atoms with E-state index in [9.17, 15) is 13.2 Å². The first-order valence-electron chi connectivity index (χ1n) is 11.6. The molecular weight excluding hydrogens is 398 g/mol. The highest BCUT2D eigenvalue weighted by atomic mass is 32.2. The highest BCUT2D eigenvalue weighted by Gasteiger charge is 2.50. The summed E-state index contributed by atoms with van der Waals surface area (Å²) in [7, 11) is -3.44. The molecule has 1 aromatic carbocycles. The van der Waals surface area contributed by atoms with Gasteiger partial charge >= 0.3 is 0 Å². The lowest BCUT2D eigenvalue weighted by atomic mass is 9.53. The first kappa shape index (κ1) is 20.5. The van der Waals surface area contributed by atoms with Gasteiger partial charge in [0.05, 0.1) is 11.4 Å². The number of carbonyl (C=O) groups is 1. The fourth-order valence-corrected chi connectivity index (χ4v) is 8.28. The van der Waals surface area contributed by atoms with Gasteiger partial charge in [0, 0.05) is 24.3 Å². The van der Waals surface area contributed by atoms with E-state index in [1.54, 1.807) is 28.6 Å². The second kappa shape index (κ2) is 7.92. The van der Waals surface area contributed by atoms with E-state index in [2.05, 4.69) is 10.6 Å². The minimum atomic E-state index is -3.44. The molecule has 0 atom stereocenters. The minimum absolute atomic E-state index is 0.0580. The molecule has 4 bridgehead atoms. The Hall–Kier alpha value is -1.44. The second-order valence-corrected chi connectivity index (χ2v) is 12.0. The van der Waals surface area contributed by atoms with E-state index in [4.69, 9.17) is 0 Å². The average molecular weight is 432 g/mol. The Morgan fingerprint density at radius 3 is 2.07 bits per heavy atom. The zero-order chi connectivity index (χ0) is 20.8. The maximum Gasteiger partial charge on any atom is 0.243 e. The standard InChI is InChI=1S/C23H33N3O3S/c27-22(16-24-23-13-17-10-18(14-23)12-19(11-17)15-23)25-20-4-6-21(7-5-20)30(28,29)26-8-2-1-3-9-26/h4-7,17-19,24H,1-3,8-16H2,(H,25,27). The van der Waals surface area contributed by atoms with Crippen LogP contribution in [0.5, 0.6) is 0 Å². The Labute approximate surface area is 179 Å². The van der Waals surface area contributed by atoms with Crippen molar-refractivity contribution in [1.29, 1.82) is 0 Å². The summed E-state index contributed by atoms with van der Waals surface area (Å²) in [5.74, 6) is 2.49. The summed E-state index contributed by atoms with van der Waals surface area (Å²) < 4.78 is 27.1. The Bertz CT molecular complexity index is 855. The topological polar surface area (TPSA) is 78.5 Å². The van der Waals surface area contributed by atoms with E-state index < -0.39 is 10.0 Å². The second-order valence-electron chi connectivity index (χ2n) is 10.1. The first-order valence-corrected chi connectivity index (χ1v) is 13.0. The van der Waals surface area contributed by atoms with Crippen LogP contribution in [0.3, 0.4) is 0 Å². The van der Waals surface area contributed by atoms with Crippen LogP contribution in [-0.2, 0) is 14.8 Å². The molecule has 1 heterocycles. The average Bonchev–Trinajstić information content (AvgIpc) is 2.72. The number of anilines is 1. The van der Waals surface area contributed by atoms with Crippen LogP contribution in [-0.4, -0.2) is 43.8 Å². The predicted octanol–water partition coefficient (Wildman–Crippen LogP) is 3.36. The zero-order valence-electron chi connectivity index (χ0n) is 17.6. The molecule has 7 heteroatoms. The molecule has 2 N–H and O–H groups in total. The Morgan fingerprint density at radius 2 is 1.50 bits per heavy atom. The minimum Gasteiger partial charge on any atom is -0.325 e. The van der Waals surface area contributed by atoms with E-state index in [1.165, 1.54) is 38.5 Å². The van der Waals surface area contributed by atoms with Crippen LogP contribution in [0.25, 0.3) is 0 Å². The lowest BCUT2D eigenvalue weighted by molar-refractivity contribution is -0.116. The van der Waals surface area contributed by atoms with Crippen LogP contribution in [0.4, 0.5) is 5.69 Å². The quantitative estimate of drug-likeness (QED) is 0.724. The number of rotatable bonds is 6. The molecule has 0 spiro atoms. The van der Waals surface area contributed by atoms with Gasteiger partial charge in [-0.15, -0.1) is 0 Å². The Balaban J connectivity index is 1.17. The molecule has 1 saturated heterocycles. The molecule has 5 aliphatic rings. The molecule has 0 aromatic heterocycles. The van der Waals surface area contributed by atoms with Gasteiger partial charge in [-0.2, -0.15) is 4.31 Å². The van der Waals surface area contributed by atoms with E-state index in [-0.39, 0.29) is 11.4 Å². The Morgan fingerprint density at radius 1 is 0.933 bits per heavy atom. The fraction of sp³-hybridized carbons (Fsp3) is 0.696. The number of nitrogens with one attached hydrogen (secondary N) is 2. The third-order valence-electron chi connectivity index (χ3n) is 7.75. The number of hydrogen-bond donors (Lipinski definition) is 2. The van der Waals surface area contributed by atoms with Gasteiger partial charge in [-0.05, 0) is 93.4 Å². The van der Waals surface area contributed by atoms with Crippen molar-refractivity contribution in [3.8, 4) is 0 Å². The number of hydrogen-bond acceptors (Lipinski definition) is 4. The van der Waals surface area contributed by atoms with Crippen LogP contribution in [0.2, 0.25) is 0 Å². The van der Waals surface area contributed by atoms with Crippen molar-refractivity contribution < 1.29 is 13.2 Å². The molecule has 164 valence electrons. The van der Waals surface area contributed by atoms with Gasteiger partial charge in [0.2, 0.25) is 15.9 Å². The molecular formula is C23H33N3O3S. The largest absolute Gasteiger partial charge is 0.325 e. The molecule has 5 fully saturated rings. The molecule has 1 amide bonds. The third kappa shape index (κ3) is 4.04. The van der Waals surface area contributed by atoms with Crippen LogP contribution < -0.4 is 10.6 Å². The number of carbonyl (C=O) groups excluding carboxylic acids is 1. The van der Waals surface area contributed by atoms with Gasteiger partial charge in [0.25, 0.3) is 0 Å². The third-order valence-corrected chi connectivity index (χ3v) is 9.67. The predicted molar refractivity (Wildman–Crippen MR) is 117 cm³/mol.